The molecule has 0 spiro atoms. The third-order valence-corrected chi connectivity index (χ3v) is 6.60. The second-order valence-electron chi connectivity index (χ2n) is 7.01. The van der Waals surface area contributed by atoms with E-state index in [1.54, 1.807) is 24.3 Å². The van der Waals surface area contributed by atoms with Crippen molar-refractivity contribution >= 4 is 27.2 Å². The smallest absolute Gasteiger partial charge is 0.270 e. The average Bonchev–Trinajstić information content (AvgIpc) is 2.72. The number of carbonyl (C=O) groups excluding carboxylic acids is 1. The number of fused-ring (bicyclic) bond motifs is 1. The van der Waals surface area contributed by atoms with Gasteiger partial charge in [-0.15, -0.1) is 0 Å². The topological polar surface area (TPSA) is 66.5 Å². The number of nitrogens with one attached hydrogen (secondary N) is 1. The van der Waals surface area contributed by atoms with Crippen LogP contribution in [0, 0.1) is 12.7 Å². The molecule has 5 nitrogen and oxygen atoms in total. The molecule has 1 heterocycles. The fraction of sp³-hybridized carbons (Fsp3) is 0.0870. The summed E-state index contributed by atoms with van der Waals surface area (Å²) in [5.74, 6) is -0.992. The Hall–Kier alpha value is -3.45. The van der Waals surface area contributed by atoms with Crippen molar-refractivity contribution in [2.24, 2.45) is 0 Å². The van der Waals surface area contributed by atoms with Crippen molar-refractivity contribution in [1.29, 1.82) is 0 Å². The summed E-state index contributed by atoms with van der Waals surface area (Å²) in [6.45, 7) is 2.03. The summed E-state index contributed by atoms with van der Waals surface area (Å²) in [5, 5.41) is 2.80. The molecular weight excluding hydrogens is 403 g/mol. The third-order valence-electron chi connectivity index (χ3n) is 4.83. The van der Waals surface area contributed by atoms with Gasteiger partial charge in [0, 0.05) is 17.5 Å². The van der Waals surface area contributed by atoms with E-state index in [-0.39, 0.29) is 11.4 Å². The van der Waals surface area contributed by atoms with Crippen LogP contribution in [0.1, 0.15) is 21.5 Å². The number of rotatable bonds is 4. The number of ketones is 1. The zero-order valence-electron chi connectivity index (χ0n) is 16.2. The highest BCUT2D eigenvalue weighted by Crippen LogP contribution is 2.36. The molecule has 0 saturated carbocycles. The summed E-state index contributed by atoms with van der Waals surface area (Å²) in [5.41, 5.74) is 2.96. The highest BCUT2D eigenvalue weighted by molar-refractivity contribution is 7.97. The first-order chi connectivity index (χ1) is 14.4. The minimum absolute atomic E-state index is 0.0994. The van der Waals surface area contributed by atoms with E-state index in [0.29, 0.717) is 16.9 Å². The lowest BCUT2D eigenvalue weighted by Crippen LogP contribution is -2.39. The van der Waals surface area contributed by atoms with Crippen LogP contribution in [-0.4, -0.2) is 14.2 Å². The van der Waals surface area contributed by atoms with Crippen LogP contribution in [0.3, 0.4) is 0 Å². The van der Waals surface area contributed by atoms with Crippen LogP contribution in [0.5, 0.6) is 0 Å². The summed E-state index contributed by atoms with van der Waals surface area (Å²) in [7, 11) is -4.11. The van der Waals surface area contributed by atoms with E-state index in [1.165, 1.54) is 34.8 Å². The molecule has 0 aromatic heterocycles. The molecule has 3 aromatic rings. The third kappa shape index (κ3) is 3.71. The Labute approximate surface area is 174 Å². The molecule has 1 N–H and O–H groups in total. The van der Waals surface area contributed by atoms with Crippen LogP contribution in [0.2, 0.25) is 0 Å². The predicted octanol–water partition coefficient (Wildman–Crippen LogP) is 4.62. The number of anilines is 2. The lowest BCUT2D eigenvalue weighted by Gasteiger charge is -2.31. The maximum Gasteiger partial charge on any atom is 0.270 e. The molecule has 0 amide bonds. The Bertz CT molecular complexity index is 1250. The van der Waals surface area contributed by atoms with Gasteiger partial charge in [0.1, 0.15) is 5.82 Å². The van der Waals surface area contributed by atoms with E-state index in [1.807, 2.05) is 31.2 Å². The number of nitrogens with zero attached hydrogens (tertiary/aromatic N) is 1. The standard InChI is InChI=1S/C23H19FN2O3S/c1-16-5-4-6-17(13-16)15-26-21-8-3-2-7-20(21)23(27)22(30(26,28)29)14-25-19-11-9-18(24)10-12-19/h2-14,25H,15H2,1H3/b22-14+. The van der Waals surface area contributed by atoms with Crippen LogP contribution in [0.4, 0.5) is 15.8 Å². The first-order valence-corrected chi connectivity index (χ1v) is 10.7. The largest absolute Gasteiger partial charge is 0.360 e. The van der Waals surface area contributed by atoms with E-state index in [2.05, 4.69) is 5.32 Å². The number of benzene rings is 3. The molecule has 7 heteroatoms. The summed E-state index contributed by atoms with van der Waals surface area (Å²) in [6.07, 6.45) is 1.17. The molecule has 0 atom stereocenters. The van der Waals surface area contributed by atoms with Gasteiger partial charge in [-0.05, 0) is 48.9 Å². The second-order valence-corrected chi connectivity index (χ2v) is 8.84. The number of aryl methyl sites for hydroxylation is 1. The van der Waals surface area contributed by atoms with E-state index in [4.69, 9.17) is 0 Å². The van der Waals surface area contributed by atoms with Crippen molar-refractivity contribution in [3.8, 4) is 0 Å². The zero-order chi connectivity index (χ0) is 21.3. The highest BCUT2D eigenvalue weighted by Gasteiger charge is 2.40. The lowest BCUT2D eigenvalue weighted by atomic mass is 10.1. The van der Waals surface area contributed by atoms with Crippen LogP contribution in [-0.2, 0) is 16.6 Å². The van der Waals surface area contributed by atoms with E-state index < -0.39 is 21.6 Å². The van der Waals surface area contributed by atoms with Crippen molar-refractivity contribution in [1.82, 2.24) is 0 Å². The maximum absolute atomic E-state index is 13.4. The van der Waals surface area contributed by atoms with Crippen molar-refractivity contribution < 1.29 is 17.6 Å². The fourth-order valence-electron chi connectivity index (χ4n) is 3.36. The molecule has 30 heavy (non-hydrogen) atoms. The molecular formula is C23H19FN2O3S. The van der Waals surface area contributed by atoms with Gasteiger partial charge in [0.25, 0.3) is 10.0 Å². The van der Waals surface area contributed by atoms with Crippen LogP contribution < -0.4 is 9.62 Å². The van der Waals surface area contributed by atoms with Crippen LogP contribution in [0.15, 0.2) is 83.9 Å². The maximum atomic E-state index is 13.4. The number of allylic oxidation sites excluding steroid dienone is 1. The Balaban J connectivity index is 1.77. The van der Waals surface area contributed by atoms with Gasteiger partial charge in [0.05, 0.1) is 12.2 Å². The number of para-hydroxylation sites is 1. The minimum atomic E-state index is -4.11. The average molecular weight is 422 g/mol. The second kappa shape index (κ2) is 7.76. The first kappa shape index (κ1) is 19.8. The van der Waals surface area contributed by atoms with E-state index in [0.717, 1.165) is 11.1 Å². The van der Waals surface area contributed by atoms with Gasteiger partial charge in [-0.1, -0.05) is 42.0 Å². The number of carbonyl (C=O) groups is 1. The summed E-state index contributed by atoms with van der Waals surface area (Å²) in [4.78, 5) is 12.6. The molecule has 4 rings (SSSR count). The molecule has 0 unspecified atom stereocenters. The van der Waals surface area contributed by atoms with Gasteiger partial charge in [-0.3, -0.25) is 9.10 Å². The molecule has 0 bridgehead atoms. The number of hydrogen-bond acceptors (Lipinski definition) is 4. The highest BCUT2D eigenvalue weighted by atomic mass is 32.2. The van der Waals surface area contributed by atoms with Gasteiger partial charge >= 0.3 is 0 Å². The Morgan fingerprint density at radius 1 is 1.00 bits per heavy atom. The monoisotopic (exact) mass is 422 g/mol. The number of sulfonamides is 1. The lowest BCUT2D eigenvalue weighted by molar-refractivity contribution is 0.104. The summed E-state index contributed by atoms with van der Waals surface area (Å²) >= 11 is 0. The summed E-state index contributed by atoms with van der Waals surface area (Å²) in [6, 6.07) is 19.6. The molecule has 0 saturated heterocycles. The molecule has 0 fully saturated rings. The number of Topliss-reactive ketones (excluding diaryl/α,β-unsaturated/α-hetero) is 1. The van der Waals surface area contributed by atoms with Crippen LogP contribution >= 0.6 is 0 Å². The van der Waals surface area contributed by atoms with Gasteiger partial charge < -0.3 is 5.32 Å². The molecule has 0 aliphatic carbocycles. The molecule has 1 aliphatic heterocycles. The zero-order valence-corrected chi connectivity index (χ0v) is 17.0. The quantitative estimate of drug-likeness (QED) is 0.623. The van der Waals surface area contributed by atoms with Crippen molar-refractivity contribution in [3.63, 3.8) is 0 Å². The normalized spacial score (nSPS) is 16.4. The molecule has 0 radical (unpaired) electrons. The Kier molecular flexibility index (Phi) is 5.13. The van der Waals surface area contributed by atoms with Gasteiger partial charge in [0.2, 0.25) is 5.78 Å². The molecule has 1 aliphatic rings. The van der Waals surface area contributed by atoms with E-state index in [9.17, 15) is 17.6 Å². The van der Waals surface area contributed by atoms with E-state index >= 15 is 0 Å². The number of hydrogen-bond donors (Lipinski definition) is 1. The van der Waals surface area contributed by atoms with Crippen LogP contribution in [0.25, 0.3) is 0 Å². The minimum Gasteiger partial charge on any atom is -0.360 e. The molecule has 3 aromatic carbocycles. The van der Waals surface area contributed by atoms with Crippen molar-refractivity contribution in [2.75, 3.05) is 9.62 Å². The summed E-state index contributed by atoms with van der Waals surface area (Å²) < 4.78 is 41.1. The SMILES string of the molecule is Cc1cccc(CN2c3ccccc3C(=O)/C(=C\Nc3ccc(F)cc3)S2(=O)=O)c1. The Morgan fingerprint density at radius 3 is 2.47 bits per heavy atom. The fourth-order valence-corrected chi connectivity index (χ4v) is 4.89. The first-order valence-electron chi connectivity index (χ1n) is 9.30. The predicted molar refractivity (Wildman–Crippen MR) is 115 cm³/mol. The van der Waals surface area contributed by atoms with Gasteiger partial charge in [0.15, 0.2) is 4.91 Å². The Morgan fingerprint density at radius 2 is 1.73 bits per heavy atom. The van der Waals surface area contributed by atoms with Crippen molar-refractivity contribution in [3.05, 3.63) is 106 Å². The molecule has 152 valence electrons. The van der Waals surface area contributed by atoms with Gasteiger partial charge in [-0.25, -0.2) is 12.8 Å². The van der Waals surface area contributed by atoms with Crippen molar-refractivity contribution in [2.45, 2.75) is 13.5 Å². The van der Waals surface area contributed by atoms with Gasteiger partial charge in [-0.2, -0.15) is 0 Å². The number of halogens is 1.